The van der Waals surface area contributed by atoms with Crippen molar-refractivity contribution in [3.63, 3.8) is 0 Å². The molecule has 0 aliphatic heterocycles. The molecule has 0 aliphatic rings. The first kappa shape index (κ1) is 16.4. The van der Waals surface area contributed by atoms with Crippen LogP contribution in [0, 0.1) is 0 Å². The molecule has 0 amide bonds. The molecule has 0 saturated heterocycles. The number of likely N-dealkylation sites (N-methyl/N-ethyl adjacent to an activating group) is 1. The Kier molecular flexibility index (Phi) is 6.61. The number of nitrogens with zero attached hydrogens (tertiary/aromatic N) is 1. The van der Waals surface area contributed by atoms with E-state index in [-0.39, 0.29) is 5.78 Å². The van der Waals surface area contributed by atoms with E-state index in [9.17, 15) is 4.79 Å². The van der Waals surface area contributed by atoms with Gasteiger partial charge in [-0.2, -0.15) is 0 Å². The van der Waals surface area contributed by atoms with Gasteiger partial charge in [0.1, 0.15) is 0 Å². The van der Waals surface area contributed by atoms with Gasteiger partial charge in [0.2, 0.25) is 0 Å². The maximum Gasteiger partial charge on any atom is 0.162 e. The second kappa shape index (κ2) is 8.47. The summed E-state index contributed by atoms with van der Waals surface area (Å²) >= 11 is 5.19. The van der Waals surface area contributed by atoms with Crippen LogP contribution in [0.3, 0.4) is 0 Å². The summed E-state index contributed by atoms with van der Waals surface area (Å²) in [4.78, 5) is 15.8. The molecule has 1 heterocycles. The molecule has 0 fully saturated rings. The molecule has 0 aliphatic carbocycles. The lowest BCUT2D eigenvalue weighted by Gasteiger charge is -2.15. The molecule has 0 spiro atoms. The number of halogens is 1. The lowest BCUT2D eigenvalue weighted by Crippen LogP contribution is -2.22. The highest BCUT2D eigenvalue weighted by Crippen LogP contribution is 2.13. The zero-order valence-electron chi connectivity index (χ0n) is 12.2. The number of thiophene rings is 1. The summed E-state index contributed by atoms with van der Waals surface area (Å²) in [5.41, 5.74) is 0.805. The van der Waals surface area contributed by atoms with Gasteiger partial charge in [0.15, 0.2) is 5.78 Å². The van der Waals surface area contributed by atoms with E-state index >= 15 is 0 Å². The number of carbonyl (C=O) groups is 1. The van der Waals surface area contributed by atoms with E-state index < -0.39 is 0 Å². The molecule has 0 saturated carbocycles. The Labute approximate surface area is 138 Å². The van der Waals surface area contributed by atoms with Gasteiger partial charge >= 0.3 is 0 Å². The standard InChI is InChI=1S/C17H20BrNOS/c1-19(12-10-16-4-3-13-21-16)11-2-5-17(20)14-6-8-15(18)9-7-14/h3-4,6-9,13H,2,5,10-12H2,1H3. The number of hydrogen-bond acceptors (Lipinski definition) is 3. The number of rotatable bonds is 8. The fraction of sp³-hybridized carbons (Fsp3) is 0.353. The highest BCUT2D eigenvalue weighted by Gasteiger charge is 2.06. The van der Waals surface area contributed by atoms with E-state index in [1.165, 1.54) is 4.88 Å². The van der Waals surface area contributed by atoms with Crippen LogP contribution in [0.25, 0.3) is 0 Å². The van der Waals surface area contributed by atoms with Crippen LogP contribution in [0.4, 0.5) is 0 Å². The predicted octanol–water partition coefficient (Wildman–Crippen LogP) is 4.65. The van der Waals surface area contributed by atoms with E-state index in [1.54, 1.807) is 0 Å². The first-order valence-corrected chi connectivity index (χ1v) is 8.82. The summed E-state index contributed by atoms with van der Waals surface area (Å²) in [7, 11) is 2.12. The predicted molar refractivity (Wildman–Crippen MR) is 93.2 cm³/mol. The highest BCUT2D eigenvalue weighted by molar-refractivity contribution is 9.10. The van der Waals surface area contributed by atoms with Gasteiger partial charge in [0.05, 0.1) is 0 Å². The van der Waals surface area contributed by atoms with Crippen molar-refractivity contribution < 1.29 is 4.79 Å². The highest BCUT2D eigenvalue weighted by atomic mass is 79.9. The maximum atomic E-state index is 12.0. The largest absolute Gasteiger partial charge is 0.306 e. The molecule has 1 aromatic heterocycles. The fourth-order valence-corrected chi connectivity index (χ4v) is 3.12. The molecule has 0 bridgehead atoms. The minimum absolute atomic E-state index is 0.231. The monoisotopic (exact) mass is 365 g/mol. The van der Waals surface area contributed by atoms with E-state index in [0.29, 0.717) is 6.42 Å². The van der Waals surface area contributed by atoms with Gasteiger partial charge in [0, 0.05) is 27.9 Å². The van der Waals surface area contributed by atoms with E-state index in [0.717, 1.165) is 36.0 Å². The Balaban J connectivity index is 1.66. The van der Waals surface area contributed by atoms with Gasteiger partial charge in [0.25, 0.3) is 0 Å². The smallest absolute Gasteiger partial charge is 0.162 e. The first-order chi connectivity index (χ1) is 10.1. The second-order valence-corrected chi connectivity index (χ2v) is 7.11. The molecular weight excluding hydrogens is 346 g/mol. The third-order valence-electron chi connectivity index (χ3n) is 3.43. The van der Waals surface area contributed by atoms with Crippen LogP contribution in [-0.2, 0) is 6.42 Å². The summed E-state index contributed by atoms with van der Waals surface area (Å²) < 4.78 is 1.01. The van der Waals surface area contributed by atoms with Crippen molar-refractivity contribution in [1.82, 2.24) is 4.90 Å². The molecule has 1 aromatic carbocycles. The maximum absolute atomic E-state index is 12.0. The summed E-state index contributed by atoms with van der Waals surface area (Å²) in [6.45, 7) is 2.01. The third kappa shape index (κ3) is 5.73. The van der Waals surface area contributed by atoms with Crippen LogP contribution in [0.2, 0.25) is 0 Å². The summed E-state index contributed by atoms with van der Waals surface area (Å²) in [6.07, 6.45) is 2.62. The van der Waals surface area contributed by atoms with Crippen LogP contribution in [-0.4, -0.2) is 30.8 Å². The summed E-state index contributed by atoms with van der Waals surface area (Å²) in [5, 5.41) is 2.12. The van der Waals surface area contributed by atoms with Gasteiger partial charge in [-0.3, -0.25) is 4.79 Å². The van der Waals surface area contributed by atoms with E-state index in [4.69, 9.17) is 0 Å². The van der Waals surface area contributed by atoms with Crippen molar-refractivity contribution in [3.05, 3.63) is 56.7 Å². The SMILES string of the molecule is CN(CCCC(=O)c1ccc(Br)cc1)CCc1cccs1. The molecule has 0 unspecified atom stereocenters. The summed E-state index contributed by atoms with van der Waals surface area (Å²) in [5.74, 6) is 0.231. The molecule has 2 aromatic rings. The van der Waals surface area contributed by atoms with Crippen LogP contribution in [0.1, 0.15) is 28.1 Å². The Morgan fingerprint density at radius 3 is 2.62 bits per heavy atom. The minimum atomic E-state index is 0.231. The van der Waals surface area contributed by atoms with Gasteiger partial charge in [-0.05, 0) is 50.0 Å². The zero-order valence-corrected chi connectivity index (χ0v) is 14.6. The number of Topliss-reactive ketones (excluding diaryl/α,β-unsaturated/α-hetero) is 1. The van der Waals surface area contributed by atoms with Crippen molar-refractivity contribution in [2.24, 2.45) is 0 Å². The molecule has 112 valence electrons. The lowest BCUT2D eigenvalue weighted by molar-refractivity contribution is 0.0976. The molecule has 2 nitrogen and oxygen atoms in total. The van der Waals surface area contributed by atoms with Crippen molar-refractivity contribution in [3.8, 4) is 0 Å². The van der Waals surface area contributed by atoms with Crippen LogP contribution < -0.4 is 0 Å². The van der Waals surface area contributed by atoms with Gasteiger partial charge in [-0.25, -0.2) is 0 Å². The summed E-state index contributed by atoms with van der Waals surface area (Å²) in [6, 6.07) is 11.9. The second-order valence-electron chi connectivity index (χ2n) is 5.17. The first-order valence-electron chi connectivity index (χ1n) is 7.15. The molecule has 2 rings (SSSR count). The lowest BCUT2D eigenvalue weighted by atomic mass is 10.1. The quantitative estimate of drug-likeness (QED) is 0.634. The Morgan fingerprint density at radius 1 is 1.19 bits per heavy atom. The number of carbonyl (C=O) groups excluding carboxylic acids is 1. The fourth-order valence-electron chi connectivity index (χ4n) is 2.16. The zero-order chi connectivity index (χ0) is 15.1. The molecular formula is C17H20BrNOS. The number of ketones is 1. The van der Waals surface area contributed by atoms with E-state index in [2.05, 4.69) is 45.4 Å². The third-order valence-corrected chi connectivity index (χ3v) is 4.89. The van der Waals surface area contributed by atoms with Gasteiger partial charge < -0.3 is 4.90 Å². The van der Waals surface area contributed by atoms with Crippen molar-refractivity contribution >= 4 is 33.0 Å². The average Bonchev–Trinajstić information content (AvgIpc) is 2.99. The molecule has 0 N–H and O–H groups in total. The van der Waals surface area contributed by atoms with Gasteiger partial charge in [-0.15, -0.1) is 11.3 Å². The van der Waals surface area contributed by atoms with Crippen molar-refractivity contribution in [1.29, 1.82) is 0 Å². The van der Waals surface area contributed by atoms with E-state index in [1.807, 2.05) is 35.6 Å². The van der Waals surface area contributed by atoms with Crippen molar-refractivity contribution in [2.45, 2.75) is 19.3 Å². The Bertz CT molecular complexity index is 551. The Hall–Kier alpha value is -0.970. The number of benzene rings is 1. The number of hydrogen-bond donors (Lipinski definition) is 0. The molecule has 21 heavy (non-hydrogen) atoms. The Morgan fingerprint density at radius 2 is 1.95 bits per heavy atom. The van der Waals surface area contributed by atoms with Crippen LogP contribution in [0.5, 0.6) is 0 Å². The van der Waals surface area contributed by atoms with Crippen molar-refractivity contribution in [2.75, 3.05) is 20.1 Å². The minimum Gasteiger partial charge on any atom is -0.306 e. The normalized spacial score (nSPS) is 11.0. The van der Waals surface area contributed by atoms with Crippen LogP contribution in [0.15, 0.2) is 46.3 Å². The average molecular weight is 366 g/mol. The van der Waals surface area contributed by atoms with Crippen LogP contribution >= 0.6 is 27.3 Å². The molecule has 4 heteroatoms. The topological polar surface area (TPSA) is 20.3 Å². The molecule has 0 radical (unpaired) electrons. The molecule has 0 atom stereocenters. The van der Waals surface area contributed by atoms with Gasteiger partial charge in [-0.1, -0.05) is 34.1 Å².